The van der Waals surface area contributed by atoms with Crippen LogP contribution >= 0.6 is 11.1 Å². The van der Waals surface area contributed by atoms with Crippen LogP contribution in [0.4, 0.5) is 0 Å². The summed E-state index contributed by atoms with van der Waals surface area (Å²) in [6, 6.07) is 0. The van der Waals surface area contributed by atoms with Crippen LogP contribution in [0.5, 0.6) is 0 Å². The average molecular weight is 205 g/mol. The molecule has 12 heavy (non-hydrogen) atoms. The highest BCUT2D eigenvalue weighted by atomic mass is 35.6. The maximum absolute atomic E-state index is 5.87. The Balaban J connectivity index is 4.83. The fraction of sp³-hybridized carbons (Fsp3) is 0.800. The van der Waals surface area contributed by atoms with Crippen LogP contribution in [0.1, 0.15) is 41.5 Å². The Morgan fingerprint density at radius 2 is 1.33 bits per heavy atom. The predicted molar refractivity (Wildman–Crippen MR) is 61.4 cm³/mol. The van der Waals surface area contributed by atoms with Crippen molar-refractivity contribution in [2.24, 2.45) is 10.8 Å². The Labute approximate surface area is 83.9 Å². The molecule has 0 rings (SSSR count). The number of hydrogen-bond donors (Lipinski definition) is 0. The summed E-state index contributed by atoms with van der Waals surface area (Å²) in [5.74, 6) is 0. The largest absolute Gasteiger partial charge is 0.171 e. The van der Waals surface area contributed by atoms with Gasteiger partial charge in [0.05, 0.1) is 0 Å². The van der Waals surface area contributed by atoms with E-state index in [1.54, 1.807) is 0 Å². The fourth-order valence-corrected chi connectivity index (χ4v) is 3.66. The molecule has 0 saturated heterocycles. The van der Waals surface area contributed by atoms with Crippen molar-refractivity contribution < 1.29 is 0 Å². The lowest BCUT2D eigenvalue weighted by Crippen LogP contribution is -2.22. The molecule has 0 unspecified atom stereocenters. The molecule has 0 atom stereocenters. The first-order valence-corrected chi connectivity index (χ1v) is 7.42. The maximum atomic E-state index is 5.87. The van der Waals surface area contributed by atoms with Crippen LogP contribution in [0.2, 0.25) is 0 Å². The third-order valence-corrected chi connectivity index (χ3v) is 2.92. The van der Waals surface area contributed by atoms with Gasteiger partial charge in [-0.25, -0.2) is 0 Å². The van der Waals surface area contributed by atoms with E-state index in [0.717, 1.165) is 0 Å². The fourth-order valence-electron chi connectivity index (χ4n) is 1.81. The Hall–Kier alpha value is 0.247. The second-order valence-electron chi connectivity index (χ2n) is 5.27. The van der Waals surface area contributed by atoms with Crippen molar-refractivity contribution in [1.82, 2.24) is 0 Å². The van der Waals surface area contributed by atoms with E-state index in [4.69, 9.17) is 11.1 Å². The van der Waals surface area contributed by atoms with Crippen molar-refractivity contribution in [3.8, 4) is 0 Å². The molecule has 0 fully saturated rings. The van der Waals surface area contributed by atoms with E-state index >= 15 is 0 Å². The summed E-state index contributed by atoms with van der Waals surface area (Å²) < 4.78 is 0. The molecule has 0 aromatic rings. The van der Waals surface area contributed by atoms with Gasteiger partial charge in [0.15, 0.2) is 0 Å². The summed E-state index contributed by atoms with van der Waals surface area (Å²) in [4.78, 5) is 0. The smallest absolute Gasteiger partial charge is 0.148 e. The lowest BCUT2D eigenvalue weighted by atomic mass is 9.73. The second kappa shape index (κ2) is 3.97. The molecule has 0 bridgehead atoms. The van der Waals surface area contributed by atoms with Crippen LogP contribution in [0.25, 0.3) is 0 Å². The summed E-state index contributed by atoms with van der Waals surface area (Å²) in [6.45, 7) is 13.5. The minimum Gasteiger partial charge on any atom is -0.171 e. The zero-order valence-electron chi connectivity index (χ0n) is 9.16. The Morgan fingerprint density at radius 3 is 1.42 bits per heavy atom. The first-order chi connectivity index (χ1) is 5.19. The molecular formula is C10H21ClSi. The van der Waals surface area contributed by atoms with E-state index in [1.807, 2.05) is 0 Å². The number of allylic oxidation sites excluding steroid dienone is 1. The summed E-state index contributed by atoms with van der Waals surface area (Å²) in [7, 11) is -0.483. The van der Waals surface area contributed by atoms with Gasteiger partial charge in [0.1, 0.15) is 8.83 Å². The highest BCUT2D eigenvalue weighted by Crippen LogP contribution is 2.38. The molecule has 0 aliphatic carbocycles. The Morgan fingerprint density at radius 1 is 1.00 bits per heavy atom. The number of halogens is 1. The van der Waals surface area contributed by atoms with E-state index in [1.165, 1.54) is 5.57 Å². The van der Waals surface area contributed by atoms with Gasteiger partial charge in [0.2, 0.25) is 0 Å². The molecular weight excluding hydrogens is 184 g/mol. The van der Waals surface area contributed by atoms with Crippen LogP contribution in [0.15, 0.2) is 11.3 Å². The van der Waals surface area contributed by atoms with E-state index in [2.05, 4.69) is 47.2 Å². The van der Waals surface area contributed by atoms with Crippen molar-refractivity contribution in [3.63, 3.8) is 0 Å². The molecule has 0 amide bonds. The van der Waals surface area contributed by atoms with Gasteiger partial charge < -0.3 is 0 Å². The zero-order chi connectivity index (χ0) is 9.99. The third kappa shape index (κ3) is 3.77. The number of rotatable bonds is 1. The van der Waals surface area contributed by atoms with Gasteiger partial charge in [0, 0.05) is 0 Å². The zero-order valence-corrected chi connectivity index (χ0v) is 11.3. The number of hydrogen-bond acceptors (Lipinski definition) is 0. The quantitative estimate of drug-likeness (QED) is 0.455. The SMILES string of the molecule is CC(C)(C)C(=C[SiH2]Cl)C(C)(C)C. The molecule has 0 aliphatic rings. The van der Waals surface area contributed by atoms with Gasteiger partial charge in [-0.2, -0.15) is 11.1 Å². The van der Waals surface area contributed by atoms with Gasteiger partial charge >= 0.3 is 0 Å². The Kier molecular flexibility index (Phi) is 4.05. The second-order valence-corrected chi connectivity index (χ2v) is 6.91. The van der Waals surface area contributed by atoms with Crippen LogP contribution in [-0.4, -0.2) is 8.83 Å². The first kappa shape index (κ1) is 12.2. The summed E-state index contributed by atoms with van der Waals surface area (Å²) in [5.41, 5.74) is 4.30. The highest BCUT2D eigenvalue weighted by molar-refractivity contribution is 6.96. The highest BCUT2D eigenvalue weighted by Gasteiger charge is 2.26. The molecule has 0 spiro atoms. The predicted octanol–water partition coefficient (Wildman–Crippen LogP) is 3.29. The van der Waals surface area contributed by atoms with Crippen molar-refractivity contribution in [2.75, 3.05) is 0 Å². The van der Waals surface area contributed by atoms with E-state index in [0.29, 0.717) is 0 Å². The molecule has 0 heterocycles. The van der Waals surface area contributed by atoms with Crippen molar-refractivity contribution >= 4 is 19.9 Å². The van der Waals surface area contributed by atoms with Gasteiger partial charge in [-0.05, 0) is 10.8 Å². The normalized spacial score (nSPS) is 13.9. The first-order valence-electron chi connectivity index (χ1n) is 4.46. The van der Waals surface area contributed by atoms with Crippen LogP contribution in [0.3, 0.4) is 0 Å². The summed E-state index contributed by atoms with van der Waals surface area (Å²) in [6.07, 6.45) is 0. The lowest BCUT2D eigenvalue weighted by molar-refractivity contribution is 0.363. The van der Waals surface area contributed by atoms with E-state index in [9.17, 15) is 0 Å². The molecule has 72 valence electrons. The van der Waals surface area contributed by atoms with E-state index < -0.39 is 8.83 Å². The molecule has 2 heteroatoms. The van der Waals surface area contributed by atoms with Crippen molar-refractivity contribution in [1.29, 1.82) is 0 Å². The molecule has 0 saturated carbocycles. The van der Waals surface area contributed by atoms with Crippen molar-refractivity contribution in [3.05, 3.63) is 11.3 Å². The van der Waals surface area contributed by atoms with Gasteiger partial charge in [-0.15, -0.1) is 0 Å². The molecule has 0 nitrogen and oxygen atoms in total. The lowest BCUT2D eigenvalue weighted by Gasteiger charge is -2.34. The maximum Gasteiger partial charge on any atom is 0.148 e. The monoisotopic (exact) mass is 204 g/mol. The summed E-state index contributed by atoms with van der Waals surface area (Å²) in [5, 5.41) is 0. The third-order valence-electron chi connectivity index (χ3n) is 1.90. The van der Waals surface area contributed by atoms with Gasteiger partial charge in [-0.1, -0.05) is 52.8 Å². The van der Waals surface area contributed by atoms with Gasteiger partial charge in [-0.3, -0.25) is 0 Å². The standard InChI is InChI=1S/C10H21ClSi/c1-9(2,3)8(7-12-11)10(4,5)6/h7H,12H2,1-6H3. The summed E-state index contributed by atoms with van der Waals surface area (Å²) >= 11 is 5.87. The topological polar surface area (TPSA) is 0 Å². The van der Waals surface area contributed by atoms with Crippen LogP contribution in [0, 0.1) is 10.8 Å². The molecule has 0 N–H and O–H groups in total. The van der Waals surface area contributed by atoms with Crippen LogP contribution < -0.4 is 0 Å². The van der Waals surface area contributed by atoms with Gasteiger partial charge in [0.25, 0.3) is 0 Å². The minimum absolute atomic E-state index is 0.264. The van der Waals surface area contributed by atoms with Crippen LogP contribution in [-0.2, 0) is 0 Å². The van der Waals surface area contributed by atoms with Crippen molar-refractivity contribution in [2.45, 2.75) is 41.5 Å². The average Bonchev–Trinajstić information content (AvgIpc) is 1.77. The molecule has 0 aromatic carbocycles. The molecule has 0 radical (unpaired) electrons. The van der Waals surface area contributed by atoms with E-state index in [-0.39, 0.29) is 10.8 Å². The molecule has 0 aliphatic heterocycles. The Bertz CT molecular complexity index is 153. The molecule has 0 aromatic heterocycles. The minimum atomic E-state index is -0.483.